The van der Waals surface area contributed by atoms with Gasteiger partial charge in [0.05, 0.1) is 12.1 Å². The third-order valence-corrected chi connectivity index (χ3v) is 3.05. The molecule has 2 rings (SSSR count). The number of carbonyl (C=O) groups excluding carboxylic acids is 1. The summed E-state index contributed by atoms with van der Waals surface area (Å²) in [5, 5.41) is 5.65. The van der Waals surface area contributed by atoms with Crippen LogP contribution in [0.15, 0.2) is 16.5 Å². The van der Waals surface area contributed by atoms with Crippen LogP contribution < -0.4 is 10.6 Å². The molecular formula is C13H20N2O3. The Kier molecular flexibility index (Phi) is 4.25. The molecule has 18 heavy (non-hydrogen) atoms. The van der Waals surface area contributed by atoms with Gasteiger partial charge in [-0.05, 0) is 38.8 Å². The van der Waals surface area contributed by atoms with Gasteiger partial charge in [0.25, 0.3) is 0 Å². The zero-order chi connectivity index (χ0) is 13.0. The zero-order valence-corrected chi connectivity index (χ0v) is 10.9. The zero-order valence-electron chi connectivity index (χ0n) is 10.9. The molecule has 0 bridgehead atoms. The van der Waals surface area contributed by atoms with Crippen molar-refractivity contribution in [2.45, 2.75) is 38.8 Å². The van der Waals surface area contributed by atoms with Gasteiger partial charge < -0.3 is 19.8 Å². The van der Waals surface area contributed by atoms with Gasteiger partial charge in [0, 0.05) is 13.2 Å². The third kappa shape index (κ3) is 3.50. The van der Waals surface area contributed by atoms with Crippen LogP contribution in [0.4, 0.5) is 4.79 Å². The van der Waals surface area contributed by atoms with Gasteiger partial charge in [0.15, 0.2) is 0 Å². The molecule has 0 spiro atoms. The third-order valence-electron chi connectivity index (χ3n) is 3.05. The number of nitrogens with one attached hydrogen (secondary N) is 2. The summed E-state index contributed by atoms with van der Waals surface area (Å²) in [7, 11) is 0. The number of amides is 2. The molecule has 0 unspecified atom stereocenters. The molecule has 2 N–H and O–H groups in total. The van der Waals surface area contributed by atoms with Gasteiger partial charge >= 0.3 is 6.03 Å². The molecule has 5 heteroatoms. The molecule has 0 radical (unpaired) electrons. The number of rotatable bonds is 4. The van der Waals surface area contributed by atoms with Crippen LogP contribution in [-0.4, -0.2) is 25.3 Å². The molecule has 1 aromatic heterocycles. The highest BCUT2D eigenvalue weighted by atomic mass is 16.5. The first kappa shape index (κ1) is 13.0. The Morgan fingerprint density at radius 3 is 3.00 bits per heavy atom. The summed E-state index contributed by atoms with van der Waals surface area (Å²) in [4.78, 5) is 11.7. The van der Waals surface area contributed by atoms with Gasteiger partial charge in [-0.25, -0.2) is 4.79 Å². The van der Waals surface area contributed by atoms with E-state index >= 15 is 0 Å². The van der Waals surface area contributed by atoms with Crippen molar-refractivity contribution in [2.24, 2.45) is 0 Å². The summed E-state index contributed by atoms with van der Waals surface area (Å²) >= 11 is 0. The number of hydrogen-bond acceptors (Lipinski definition) is 3. The number of furan rings is 1. The van der Waals surface area contributed by atoms with Crippen molar-refractivity contribution < 1.29 is 13.9 Å². The van der Waals surface area contributed by atoms with E-state index in [1.165, 1.54) is 0 Å². The first-order valence-electron chi connectivity index (χ1n) is 6.37. The summed E-state index contributed by atoms with van der Waals surface area (Å²) in [5.41, 5.74) is 0. The van der Waals surface area contributed by atoms with Crippen LogP contribution in [0, 0.1) is 6.92 Å². The SMILES string of the molecule is Cc1ccc([C@@H](C)NC(=O)NC[C@H]2CCCO2)o1. The van der Waals surface area contributed by atoms with E-state index in [-0.39, 0.29) is 18.2 Å². The number of hydrogen-bond donors (Lipinski definition) is 2. The average Bonchev–Trinajstić information content (AvgIpc) is 2.97. The van der Waals surface area contributed by atoms with E-state index in [1.54, 1.807) is 0 Å². The van der Waals surface area contributed by atoms with E-state index in [2.05, 4.69) is 10.6 Å². The monoisotopic (exact) mass is 252 g/mol. The minimum Gasteiger partial charge on any atom is -0.464 e. The highest BCUT2D eigenvalue weighted by Gasteiger charge is 2.17. The fourth-order valence-electron chi connectivity index (χ4n) is 2.02. The van der Waals surface area contributed by atoms with E-state index in [9.17, 15) is 4.79 Å². The van der Waals surface area contributed by atoms with E-state index in [1.807, 2.05) is 26.0 Å². The maximum Gasteiger partial charge on any atom is 0.315 e. The first-order chi connectivity index (χ1) is 8.65. The van der Waals surface area contributed by atoms with Gasteiger partial charge in [-0.15, -0.1) is 0 Å². The Morgan fingerprint density at radius 1 is 1.56 bits per heavy atom. The Hall–Kier alpha value is -1.49. The molecule has 1 saturated heterocycles. The molecule has 1 aromatic rings. The predicted molar refractivity (Wildman–Crippen MR) is 67.4 cm³/mol. The molecule has 0 aliphatic carbocycles. The van der Waals surface area contributed by atoms with Crippen molar-refractivity contribution in [3.63, 3.8) is 0 Å². The molecule has 2 amide bonds. The topological polar surface area (TPSA) is 63.5 Å². The number of carbonyl (C=O) groups is 1. The molecule has 2 atom stereocenters. The molecule has 1 aliphatic rings. The van der Waals surface area contributed by atoms with Crippen LogP contribution >= 0.6 is 0 Å². The molecule has 0 saturated carbocycles. The maximum atomic E-state index is 11.7. The Morgan fingerprint density at radius 2 is 2.39 bits per heavy atom. The first-order valence-corrected chi connectivity index (χ1v) is 6.37. The van der Waals surface area contributed by atoms with Crippen LogP contribution in [-0.2, 0) is 4.74 Å². The molecule has 5 nitrogen and oxygen atoms in total. The second-order valence-electron chi connectivity index (χ2n) is 4.66. The molecule has 1 fully saturated rings. The van der Waals surface area contributed by atoms with Crippen LogP contribution in [0.2, 0.25) is 0 Å². The number of urea groups is 1. The van der Waals surface area contributed by atoms with Crippen LogP contribution in [0.1, 0.15) is 37.3 Å². The highest BCUT2D eigenvalue weighted by Crippen LogP contribution is 2.15. The minimum absolute atomic E-state index is 0.136. The van der Waals surface area contributed by atoms with Gasteiger partial charge in [0.1, 0.15) is 11.5 Å². The lowest BCUT2D eigenvalue weighted by molar-refractivity contribution is 0.111. The van der Waals surface area contributed by atoms with E-state index in [0.717, 1.165) is 31.0 Å². The fourth-order valence-corrected chi connectivity index (χ4v) is 2.02. The maximum absolute atomic E-state index is 11.7. The second kappa shape index (κ2) is 5.91. The van der Waals surface area contributed by atoms with Crippen molar-refractivity contribution in [3.05, 3.63) is 23.7 Å². The lowest BCUT2D eigenvalue weighted by Gasteiger charge is -2.14. The largest absolute Gasteiger partial charge is 0.464 e. The number of ether oxygens (including phenoxy) is 1. The van der Waals surface area contributed by atoms with Crippen molar-refractivity contribution in [1.29, 1.82) is 0 Å². The lowest BCUT2D eigenvalue weighted by Crippen LogP contribution is -2.40. The van der Waals surface area contributed by atoms with Gasteiger partial charge in [0.2, 0.25) is 0 Å². The van der Waals surface area contributed by atoms with Crippen molar-refractivity contribution in [1.82, 2.24) is 10.6 Å². The summed E-state index contributed by atoms with van der Waals surface area (Å²) < 4.78 is 10.9. The van der Waals surface area contributed by atoms with E-state index in [0.29, 0.717) is 6.54 Å². The standard InChI is InChI=1S/C13H20N2O3/c1-9-5-6-12(18-9)10(2)15-13(16)14-8-11-4-3-7-17-11/h5-6,10-11H,3-4,7-8H2,1-2H3,(H2,14,15,16)/t10-,11-/m1/s1. The smallest absolute Gasteiger partial charge is 0.315 e. The predicted octanol–water partition coefficient (Wildman–Crippen LogP) is 2.13. The van der Waals surface area contributed by atoms with Gasteiger partial charge in [-0.3, -0.25) is 0 Å². The fraction of sp³-hybridized carbons (Fsp3) is 0.615. The van der Waals surface area contributed by atoms with Crippen LogP contribution in [0.3, 0.4) is 0 Å². The Bertz CT molecular complexity index is 397. The summed E-state index contributed by atoms with van der Waals surface area (Å²) in [6.07, 6.45) is 2.26. The van der Waals surface area contributed by atoms with Crippen molar-refractivity contribution in [2.75, 3.05) is 13.2 Å². The van der Waals surface area contributed by atoms with Gasteiger partial charge in [-0.2, -0.15) is 0 Å². The van der Waals surface area contributed by atoms with Crippen LogP contribution in [0.25, 0.3) is 0 Å². The minimum atomic E-state index is -0.188. The molecular weight excluding hydrogens is 232 g/mol. The molecule has 0 aromatic carbocycles. The summed E-state index contributed by atoms with van der Waals surface area (Å²) in [6, 6.07) is 3.44. The quantitative estimate of drug-likeness (QED) is 0.862. The van der Waals surface area contributed by atoms with Crippen LogP contribution in [0.5, 0.6) is 0 Å². The summed E-state index contributed by atoms with van der Waals surface area (Å²) in [6.45, 7) is 5.14. The molecule has 100 valence electrons. The van der Waals surface area contributed by atoms with Gasteiger partial charge in [-0.1, -0.05) is 0 Å². The van der Waals surface area contributed by atoms with E-state index in [4.69, 9.17) is 9.15 Å². The average molecular weight is 252 g/mol. The second-order valence-corrected chi connectivity index (χ2v) is 4.66. The highest BCUT2D eigenvalue weighted by molar-refractivity contribution is 5.74. The summed E-state index contributed by atoms with van der Waals surface area (Å²) in [5.74, 6) is 1.61. The Balaban J connectivity index is 1.73. The number of aryl methyl sites for hydroxylation is 1. The normalized spacial score (nSPS) is 20.7. The lowest BCUT2D eigenvalue weighted by atomic mass is 10.2. The van der Waals surface area contributed by atoms with Crippen molar-refractivity contribution >= 4 is 6.03 Å². The molecule has 1 aliphatic heterocycles. The Labute approximate surface area is 107 Å². The molecule has 2 heterocycles. The van der Waals surface area contributed by atoms with Crippen molar-refractivity contribution in [3.8, 4) is 0 Å². The van der Waals surface area contributed by atoms with E-state index < -0.39 is 0 Å².